The molecule has 0 aliphatic carbocycles. The van der Waals surface area contributed by atoms with E-state index in [1.807, 2.05) is 0 Å². The fraction of sp³-hybridized carbons (Fsp3) is 0.188. The zero-order valence-corrected chi connectivity index (χ0v) is 12.0. The zero-order chi connectivity index (χ0) is 15.9. The number of amides is 1. The molecule has 0 saturated heterocycles. The summed E-state index contributed by atoms with van der Waals surface area (Å²) in [5.41, 5.74) is -1.16. The highest BCUT2D eigenvalue weighted by molar-refractivity contribution is 6.07. The highest BCUT2D eigenvalue weighted by Gasteiger charge is 2.47. The number of benzene rings is 2. The van der Waals surface area contributed by atoms with E-state index in [0.29, 0.717) is 17.2 Å². The molecule has 0 aromatic heterocycles. The Morgan fingerprint density at radius 1 is 1.09 bits per heavy atom. The van der Waals surface area contributed by atoms with E-state index in [1.54, 1.807) is 12.1 Å². The third-order valence-corrected chi connectivity index (χ3v) is 3.75. The number of methoxy groups -OCH3 is 2. The molecule has 1 aliphatic rings. The molecule has 3 rings (SSSR count). The SMILES string of the molecule is COc1ccc([C@]2(O)C(=O)Nc3ccc(F)cc32)cc1OC. The van der Waals surface area contributed by atoms with E-state index < -0.39 is 17.3 Å². The number of halogens is 1. The number of carbonyl (C=O) groups excluding carboxylic acids is 1. The first-order valence-corrected chi connectivity index (χ1v) is 6.57. The third-order valence-electron chi connectivity index (χ3n) is 3.75. The van der Waals surface area contributed by atoms with Crippen LogP contribution in [-0.4, -0.2) is 25.2 Å². The second-order valence-electron chi connectivity index (χ2n) is 4.92. The second-order valence-corrected chi connectivity index (χ2v) is 4.92. The summed E-state index contributed by atoms with van der Waals surface area (Å²) in [6.07, 6.45) is 0. The average Bonchev–Trinajstić information content (AvgIpc) is 2.79. The van der Waals surface area contributed by atoms with Crippen LogP contribution in [0.5, 0.6) is 11.5 Å². The Hall–Kier alpha value is -2.60. The van der Waals surface area contributed by atoms with Gasteiger partial charge in [-0.25, -0.2) is 4.39 Å². The third kappa shape index (κ3) is 1.92. The van der Waals surface area contributed by atoms with Crippen molar-refractivity contribution in [2.75, 3.05) is 19.5 Å². The molecule has 0 unspecified atom stereocenters. The Kier molecular flexibility index (Phi) is 3.26. The number of fused-ring (bicyclic) bond motifs is 1. The van der Waals surface area contributed by atoms with Gasteiger partial charge in [-0.05, 0) is 30.3 Å². The Morgan fingerprint density at radius 2 is 1.82 bits per heavy atom. The summed E-state index contributed by atoms with van der Waals surface area (Å²) >= 11 is 0. The number of hydrogen-bond acceptors (Lipinski definition) is 4. The molecule has 1 atom stereocenters. The van der Waals surface area contributed by atoms with E-state index in [-0.39, 0.29) is 11.1 Å². The highest BCUT2D eigenvalue weighted by Crippen LogP contribution is 2.43. The zero-order valence-electron chi connectivity index (χ0n) is 12.0. The molecule has 6 heteroatoms. The number of ether oxygens (including phenoxy) is 2. The van der Waals surface area contributed by atoms with Crippen molar-refractivity contribution in [2.45, 2.75) is 5.60 Å². The summed E-state index contributed by atoms with van der Waals surface area (Å²) < 4.78 is 23.8. The van der Waals surface area contributed by atoms with E-state index in [9.17, 15) is 14.3 Å². The molecule has 2 N–H and O–H groups in total. The van der Waals surface area contributed by atoms with Crippen LogP contribution in [0.15, 0.2) is 36.4 Å². The molecule has 0 bridgehead atoms. The molecule has 114 valence electrons. The van der Waals surface area contributed by atoms with Crippen molar-refractivity contribution in [1.29, 1.82) is 0 Å². The number of aliphatic hydroxyl groups is 1. The van der Waals surface area contributed by atoms with Gasteiger partial charge in [0.25, 0.3) is 5.91 Å². The molecule has 0 radical (unpaired) electrons. The smallest absolute Gasteiger partial charge is 0.265 e. The minimum Gasteiger partial charge on any atom is -0.493 e. The van der Waals surface area contributed by atoms with Gasteiger partial charge in [-0.2, -0.15) is 0 Å². The van der Waals surface area contributed by atoms with Gasteiger partial charge in [0.1, 0.15) is 5.82 Å². The van der Waals surface area contributed by atoms with E-state index in [2.05, 4.69) is 5.32 Å². The maximum absolute atomic E-state index is 13.5. The van der Waals surface area contributed by atoms with Crippen molar-refractivity contribution >= 4 is 11.6 Å². The van der Waals surface area contributed by atoms with Gasteiger partial charge < -0.3 is 19.9 Å². The highest BCUT2D eigenvalue weighted by atomic mass is 19.1. The van der Waals surface area contributed by atoms with Crippen molar-refractivity contribution in [3.05, 3.63) is 53.3 Å². The average molecular weight is 303 g/mol. The monoisotopic (exact) mass is 303 g/mol. The summed E-state index contributed by atoms with van der Waals surface area (Å²) in [7, 11) is 2.94. The normalized spacial score (nSPS) is 19.5. The van der Waals surface area contributed by atoms with Crippen molar-refractivity contribution in [1.82, 2.24) is 0 Å². The molecule has 22 heavy (non-hydrogen) atoms. The van der Waals surface area contributed by atoms with Crippen molar-refractivity contribution in [3.8, 4) is 11.5 Å². The molecular formula is C16H14FNO4. The van der Waals surface area contributed by atoms with Gasteiger partial charge in [-0.15, -0.1) is 0 Å². The minimum atomic E-state index is -1.98. The number of hydrogen-bond donors (Lipinski definition) is 2. The summed E-state index contributed by atoms with van der Waals surface area (Å²) in [4.78, 5) is 12.3. The van der Waals surface area contributed by atoms with Crippen molar-refractivity contribution < 1.29 is 23.8 Å². The van der Waals surface area contributed by atoms with Gasteiger partial charge in [-0.3, -0.25) is 4.79 Å². The first kappa shape index (κ1) is 14.3. The molecule has 0 spiro atoms. The lowest BCUT2D eigenvalue weighted by atomic mass is 9.87. The van der Waals surface area contributed by atoms with Crippen LogP contribution in [0, 0.1) is 5.82 Å². The molecule has 1 amide bonds. The van der Waals surface area contributed by atoms with Gasteiger partial charge >= 0.3 is 0 Å². The van der Waals surface area contributed by atoms with E-state index in [1.165, 1.54) is 32.4 Å². The molecule has 1 heterocycles. The van der Waals surface area contributed by atoms with Crippen LogP contribution in [0.25, 0.3) is 0 Å². The van der Waals surface area contributed by atoms with Crippen LogP contribution in [0.2, 0.25) is 0 Å². The summed E-state index contributed by atoms with van der Waals surface area (Å²) in [6.45, 7) is 0. The molecule has 2 aromatic rings. The lowest BCUT2D eigenvalue weighted by Crippen LogP contribution is -2.35. The van der Waals surface area contributed by atoms with Crippen LogP contribution in [0.4, 0.5) is 10.1 Å². The van der Waals surface area contributed by atoms with E-state index in [4.69, 9.17) is 9.47 Å². The standard InChI is InChI=1S/C16H14FNO4/c1-21-13-6-3-9(7-14(13)22-2)16(20)11-8-10(17)4-5-12(11)18-15(16)19/h3-8,20H,1-2H3,(H,18,19)/t16-/m1/s1. The van der Waals surface area contributed by atoms with E-state index in [0.717, 1.165) is 6.07 Å². The number of carbonyl (C=O) groups is 1. The Balaban J connectivity index is 2.19. The number of nitrogens with one attached hydrogen (secondary N) is 1. The Bertz CT molecular complexity index is 762. The number of rotatable bonds is 3. The maximum Gasteiger partial charge on any atom is 0.265 e. The van der Waals surface area contributed by atoms with Crippen molar-refractivity contribution in [3.63, 3.8) is 0 Å². The summed E-state index contributed by atoms with van der Waals surface area (Å²) in [6, 6.07) is 8.40. The van der Waals surface area contributed by atoms with Crippen LogP contribution >= 0.6 is 0 Å². The fourth-order valence-corrected chi connectivity index (χ4v) is 2.61. The maximum atomic E-state index is 13.5. The molecule has 1 aliphatic heterocycles. The van der Waals surface area contributed by atoms with Crippen LogP contribution < -0.4 is 14.8 Å². The van der Waals surface area contributed by atoms with Crippen LogP contribution in [0.3, 0.4) is 0 Å². The summed E-state index contributed by atoms with van der Waals surface area (Å²) in [5, 5.41) is 13.5. The fourth-order valence-electron chi connectivity index (χ4n) is 2.61. The molecular weight excluding hydrogens is 289 g/mol. The molecule has 0 fully saturated rings. The molecule has 2 aromatic carbocycles. The Morgan fingerprint density at radius 3 is 2.50 bits per heavy atom. The van der Waals surface area contributed by atoms with Gasteiger partial charge in [0.2, 0.25) is 0 Å². The molecule has 0 saturated carbocycles. The Labute approximate surface area is 126 Å². The van der Waals surface area contributed by atoms with Crippen molar-refractivity contribution in [2.24, 2.45) is 0 Å². The molecule has 5 nitrogen and oxygen atoms in total. The van der Waals surface area contributed by atoms with Gasteiger partial charge in [0.15, 0.2) is 17.1 Å². The quantitative estimate of drug-likeness (QED) is 0.910. The van der Waals surface area contributed by atoms with Crippen LogP contribution in [0.1, 0.15) is 11.1 Å². The van der Waals surface area contributed by atoms with Gasteiger partial charge in [0, 0.05) is 16.8 Å². The topological polar surface area (TPSA) is 67.8 Å². The second kappa shape index (κ2) is 4.99. The minimum absolute atomic E-state index is 0.171. The van der Waals surface area contributed by atoms with E-state index >= 15 is 0 Å². The predicted molar refractivity (Wildman–Crippen MR) is 77.6 cm³/mol. The first-order chi connectivity index (χ1) is 10.5. The van der Waals surface area contributed by atoms with Crippen LogP contribution in [-0.2, 0) is 10.4 Å². The summed E-state index contributed by atoms with van der Waals surface area (Å²) in [5.74, 6) is -0.340. The number of anilines is 1. The predicted octanol–water partition coefficient (Wildman–Crippen LogP) is 2.03. The lowest BCUT2D eigenvalue weighted by Gasteiger charge is -2.22. The van der Waals surface area contributed by atoms with Gasteiger partial charge in [0.05, 0.1) is 14.2 Å². The largest absolute Gasteiger partial charge is 0.493 e. The van der Waals surface area contributed by atoms with Gasteiger partial charge in [-0.1, -0.05) is 6.07 Å². The first-order valence-electron chi connectivity index (χ1n) is 6.57. The lowest BCUT2D eigenvalue weighted by molar-refractivity contribution is -0.129.